The summed E-state index contributed by atoms with van der Waals surface area (Å²) in [5.41, 5.74) is 2.09. The molecule has 3 rings (SSSR count). The van der Waals surface area contributed by atoms with Gasteiger partial charge >= 0.3 is 0 Å². The molecule has 0 fully saturated rings. The van der Waals surface area contributed by atoms with Crippen molar-refractivity contribution in [3.05, 3.63) is 54.5 Å². The SMILES string of the molecule is CC(C)Cc1nc(-c2ccncc2F)cc2cnccc12. The minimum absolute atomic E-state index is 0.358. The highest BCUT2D eigenvalue weighted by Gasteiger charge is 2.12. The summed E-state index contributed by atoms with van der Waals surface area (Å²) in [5, 5.41) is 2.06. The number of hydrogen-bond acceptors (Lipinski definition) is 3. The first kappa shape index (κ1) is 13.6. The first-order valence-corrected chi connectivity index (χ1v) is 6.98. The predicted octanol–water partition coefficient (Wildman–Crippen LogP) is 4.03. The molecular weight excluding hydrogens is 265 g/mol. The van der Waals surface area contributed by atoms with E-state index in [4.69, 9.17) is 0 Å². The fraction of sp³-hybridized carbons (Fsp3) is 0.235. The van der Waals surface area contributed by atoms with E-state index in [1.807, 2.05) is 12.1 Å². The predicted molar refractivity (Wildman–Crippen MR) is 81.3 cm³/mol. The van der Waals surface area contributed by atoms with Gasteiger partial charge in [0.25, 0.3) is 0 Å². The van der Waals surface area contributed by atoms with Gasteiger partial charge in [-0.05, 0) is 30.5 Å². The molecule has 3 heterocycles. The molecule has 0 bridgehead atoms. The summed E-state index contributed by atoms with van der Waals surface area (Å²) in [6, 6.07) is 5.50. The first-order valence-electron chi connectivity index (χ1n) is 6.98. The highest BCUT2D eigenvalue weighted by atomic mass is 19.1. The van der Waals surface area contributed by atoms with E-state index in [0.717, 1.165) is 22.9 Å². The van der Waals surface area contributed by atoms with Crippen molar-refractivity contribution in [2.24, 2.45) is 5.92 Å². The maximum atomic E-state index is 14.0. The maximum absolute atomic E-state index is 14.0. The Morgan fingerprint density at radius 2 is 1.86 bits per heavy atom. The van der Waals surface area contributed by atoms with Crippen molar-refractivity contribution in [1.82, 2.24) is 15.0 Å². The second-order valence-electron chi connectivity index (χ2n) is 5.50. The Balaban J connectivity index is 2.23. The molecule has 0 unspecified atom stereocenters. The van der Waals surface area contributed by atoms with Crippen LogP contribution in [0.15, 0.2) is 43.0 Å². The zero-order valence-corrected chi connectivity index (χ0v) is 12.0. The lowest BCUT2D eigenvalue weighted by Gasteiger charge is -2.11. The number of halogens is 1. The lowest BCUT2D eigenvalue weighted by atomic mass is 10.0. The van der Waals surface area contributed by atoms with Crippen molar-refractivity contribution in [3.8, 4) is 11.3 Å². The standard InChI is InChI=1S/C17H16FN3/c1-11(2)7-16-13-3-5-19-9-12(13)8-17(21-16)14-4-6-20-10-15(14)18/h3-6,8-11H,7H2,1-2H3. The van der Waals surface area contributed by atoms with Gasteiger partial charge in [0.15, 0.2) is 5.82 Å². The van der Waals surface area contributed by atoms with Crippen LogP contribution in [0.25, 0.3) is 22.0 Å². The number of hydrogen-bond donors (Lipinski definition) is 0. The summed E-state index contributed by atoms with van der Waals surface area (Å²) >= 11 is 0. The quantitative estimate of drug-likeness (QED) is 0.727. The lowest BCUT2D eigenvalue weighted by Crippen LogP contribution is -2.01. The van der Waals surface area contributed by atoms with Gasteiger partial charge in [-0.1, -0.05) is 13.8 Å². The van der Waals surface area contributed by atoms with Gasteiger partial charge in [-0.25, -0.2) is 4.39 Å². The molecule has 0 saturated heterocycles. The van der Waals surface area contributed by atoms with Crippen molar-refractivity contribution in [2.75, 3.05) is 0 Å². The molecule has 0 spiro atoms. The second-order valence-corrected chi connectivity index (χ2v) is 5.50. The van der Waals surface area contributed by atoms with Gasteiger partial charge in [0.2, 0.25) is 0 Å². The minimum Gasteiger partial charge on any atom is -0.264 e. The van der Waals surface area contributed by atoms with Crippen LogP contribution in [0.3, 0.4) is 0 Å². The summed E-state index contributed by atoms with van der Waals surface area (Å²) in [6.45, 7) is 4.29. The van der Waals surface area contributed by atoms with E-state index in [9.17, 15) is 4.39 Å². The molecule has 0 aliphatic carbocycles. The molecule has 0 radical (unpaired) electrons. The number of pyridine rings is 3. The Kier molecular flexibility index (Phi) is 3.60. The zero-order valence-electron chi connectivity index (χ0n) is 12.0. The highest BCUT2D eigenvalue weighted by Crippen LogP contribution is 2.26. The van der Waals surface area contributed by atoms with Crippen LogP contribution < -0.4 is 0 Å². The van der Waals surface area contributed by atoms with E-state index in [2.05, 4.69) is 28.8 Å². The fourth-order valence-corrected chi connectivity index (χ4v) is 2.43. The van der Waals surface area contributed by atoms with Crippen LogP contribution in [0.4, 0.5) is 4.39 Å². The molecule has 0 atom stereocenters. The smallest absolute Gasteiger partial charge is 0.150 e. The van der Waals surface area contributed by atoms with Gasteiger partial charge in [-0.3, -0.25) is 15.0 Å². The van der Waals surface area contributed by atoms with Crippen LogP contribution in [-0.2, 0) is 6.42 Å². The van der Waals surface area contributed by atoms with Gasteiger partial charge < -0.3 is 0 Å². The molecule has 3 nitrogen and oxygen atoms in total. The molecule has 0 saturated carbocycles. The number of rotatable bonds is 3. The topological polar surface area (TPSA) is 38.7 Å². The van der Waals surface area contributed by atoms with E-state index >= 15 is 0 Å². The van der Waals surface area contributed by atoms with E-state index in [0.29, 0.717) is 17.2 Å². The fourth-order valence-electron chi connectivity index (χ4n) is 2.43. The summed E-state index contributed by atoms with van der Waals surface area (Å²) in [4.78, 5) is 12.6. The number of nitrogens with zero attached hydrogens (tertiary/aromatic N) is 3. The normalized spacial score (nSPS) is 11.2. The number of fused-ring (bicyclic) bond motifs is 1. The second kappa shape index (κ2) is 5.56. The minimum atomic E-state index is -0.358. The lowest BCUT2D eigenvalue weighted by molar-refractivity contribution is 0.623. The van der Waals surface area contributed by atoms with Crippen molar-refractivity contribution < 1.29 is 4.39 Å². The van der Waals surface area contributed by atoms with Crippen LogP contribution in [-0.4, -0.2) is 15.0 Å². The summed E-state index contributed by atoms with van der Waals surface area (Å²) < 4.78 is 14.0. The molecule has 0 aromatic carbocycles. The van der Waals surface area contributed by atoms with Gasteiger partial charge in [-0.15, -0.1) is 0 Å². The van der Waals surface area contributed by atoms with Crippen molar-refractivity contribution >= 4 is 10.8 Å². The number of aromatic nitrogens is 3. The van der Waals surface area contributed by atoms with E-state index in [1.54, 1.807) is 24.7 Å². The third-order valence-electron chi connectivity index (χ3n) is 3.36. The molecule has 0 N–H and O–H groups in total. The average molecular weight is 281 g/mol. The monoisotopic (exact) mass is 281 g/mol. The Morgan fingerprint density at radius 3 is 2.62 bits per heavy atom. The van der Waals surface area contributed by atoms with E-state index in [1.165, 1.54) is 6.20 Å². The van der Waals surface area contributed by atoms with Crippen LogP contribution in [0.2, 0.25) is 0 Å². The van der Waals surface area contributed by atoms with Gasteiger partial charge in [-0.2, -0.15) is 0 Å². The van der Waals surface area contributed by atoms with Gasteiger partial charge in [0.05, 0.1) is 11.9 Å². The van der Waals surface area contributed by atoms with Gasteiger partial charge in [0.1, 0.15) is 0 Å². The molecule has 0 aliphatic rings. The van der Waals surface area contributed by atoms with Gasteiger partial charge in [0, 0.05) is 40.6 Å². The van der Waals surface area contributed by atoms with E-state index < -0.39 is 0 Å². The third kappa shape index (κ3) is 2.75. The Labute approximate surface area is 122 Å². The van der Waals surface area contributed by atoms with Crippen LogP contribution in [0.5, 0.6) is 0 Å². The van der Waals surface area contributed by atoms with Crippen LogP contribution >= 0.6 is 0 Å². The summed E-state index contributed by atoms with van der Waals surface area (Å²) in [5.74, 6) is 0.120. The Bertz CT molecular complexity index is 784. The zero-order chi connectivity index (χ0) is 14.8. The summed E-state index contributed by atoms with van der Waals surface area (Å²) in [7, 11) is 0. The molecule has 0 aliphatic heterocycles. The van der Waals surface area contributed by atoms with Crippen LogP contribution in [0, 0.1) is 11.7 Å². The van der Waals surface area contributed by atoms with Crippen LogP contribution in [0.1, 0.15) is 19.5 Å². The molecule has 0 amide bonds. The van der Waals surface area contributed by atoms with E-state index in [-0.39, 0.29) is 5.82 Å². The largest absolute Gasteiger partial charge is 0.264 e. The van der Waals surface area contributed by atoms with Crippen molar-refractivity contribution in [3.63, 3.8) is 0 Å². The average Bonchev–Trinajstić information content (AvgIpc) is 2.47. The molecule has 4 heteroatoms. The maximum Gasteiger partial charge on any atom is 0.150 e. The van der Waals surface area contributed by atoms with Crippen molar-refractivity contribution in [2.45, 2.75) is 20.3 Å². The Morgan fingerprint density at radius 1 is 1.10 bits per heavy atom. The Hall–Kier alpha value is -2.36. The molecule has 21 heavy (non-hydrogen) atoms. The third-order valence-corrected chi connectivity index (χ3v) is 3.36. The summed E-state index contributed by atoms with van der Waals surface area (Å²) in [6.07, 6.45) is 7.20. The highest BCUT2D eigenvalue weighted by molar-refractivity contribution is 5.87. The van der Waals surface area contributed by atoms with Crippen molar-refractivity contribution in [1.29, 1.82) is 0 Å². The molecule has 106 valence electrons. The first-order chi connectivity index (χ1) is 10.1. The molecule has 3 aromatic rings. The molecular formula is C17H16FN3. The molecule has 3 aromatic heterocycles.